The fraction of sp³-hybridized carbons (Fsp3) is 0.389. The molecule has 1 aromatic carbocycles. The van der Waals surface area contributed by atoms with Gasteiger partial charge in [-0.1, -0.05) is 30.3 Å². The van der Waals surface area contributed by atoms with E-state index in [0.29, 0.717) is 5.92 Å². The van der Waals surface area contributed by atoms with Crippen LogP contribution in [-0.2, 0) is 6.42 Å². The molecule has 0 atom stereocenters. The van der Waals surface area contributed by atoms with Gasteiger partial charge in [0.2, 0.25) is 0 Å². The van der Waals surface area contributed by atoms with Crippen molar-refractivity contribution in [1.82, 2.24) is 4.90 Å². The molecule has 1 aliphatic heterocycles. The van der Waals surface area contributed by atoms with Crippen LogP contribution in [0.1, 0.15) is 33.6 Å². The van der Waals surface area contributed by atoms with Crippen molar-refractivity contribution in [3.8, 4) is 0 Å². The molecule has 0 spiro atoms. The number of carbonyl (C=O) groups excluding carboxylic acids is 1. The van der Waals surface area contributed by atoms with Gasteiger partial charge in [0.05, 0.1) is 5.56 Å². The number of aryl methyl sites for hydroxylation is 1. The second kappa shape index (κ2) is 6.44. The molecule has 3 rings (SSSR count). The number of hydrogen-bond acceptors (Lipinski definition) is 2. The molecule has 1 saturated heterocycles. The maximum absolute atomic E-state index is 12.4. The summed E-state index contributed by atoms with van der Waals surface area (Å²) in [5.41, 5.74) is 2.27. The van der Waals surface area contributed by atoms with Gasteiger partial charge < -0.3 is 4.90 Å². The lowest BCUT2D eigenvalue weighted by Gasteiger charge is -2.32. The Kier molecular flexibility index (Phi) is 4.39. The minimum absolute atomic E-state index is 0.206. The predicted octanol–water partition coefficient (Wildman–Crippen LogP) is 4.15. The Bertz CT molecular complexity index is 597. The van der Waals surface area contributed by atoms with Gasteiger partial charge in [-0.25, -0.2) is 0 Å². The molecule has 1 aliphatic rings. The lowest BCUT2D eigenvalue weighted by molar-refractivity contribution is 0.0691. The van der Waals surface area contributed by atoms with Crippen LogP contribution in [0.3, 0.4) is 0 Å². The zero-order valence-electron chi connectivity index (χ0n) is 12.4. The lowest BCUT2D eigenvalue weighted by atomic mass is 9.90. The number of rotatable bonds is 3. The van der Waals surface area contributed by atoms with E-state index in [9.17, 15) is 4.79 Å². The van der Waals surface area contributed by atoms with Crippen LogP contribution in [0.2, 0.25) is 0 Å². The first-order valence-electron chi connectivity index (χ1n) is 7.61. The van der Waals surface area contributed by atoms with E-state index in [1.165, 1.54) is 10.4 Å². The molecule has 3 heteroatoms. The average molecular weight is 299 g/mol. The summed E-state index contributed by atoms with van der Waals surface area (Å²) in [5, 5.41) is 1.98. The summed E-state index contributed by atoms with van der Waals surface area (Å²) >= 11 is 1.65. The fourth-order valence-corrected chi connectivity index (χ4v) is 3.70. The molecule has 0 bridgehead atoms. The number of hydrogen-bond donors (Lipinski definition) is 0. The van der Waals surface area contributed by atoms with Crippen molar-refractivity contribution in [2.75, 3.05) is 13.1 Å². The molecule has 0 N–H and O–H groups in total. The Balaban J connectivity index is 1.54. The van der Waals surface area contributed by atoms with Gasteiger partial charge in [0.25, 0.3) is 5.91 Å². The SMILES string of the molecule is Cc1cc(C(=O)N2CCC(Cc3ccccc3)CC2)cs1. The number of benzene rings is 1. The zero-order valence-corrected chi connectivity index (χ0v) is 13.2. The van der Waals surface area contributed by atoms with E-state index >= 15 is 0 Å². The van der Waals surface area contributed by atoms with Gasteiger partial charge in [-0.05, 0) is 43.7 Å². The molecular formula is C18H21NOS. The Morgan fingerprint density at radius 1 is 1.24 bits per heavy atom. The molecule has 0 radical (unpaired) electrons. The van der Waals surface area contributed by atoms with Gasteiger partial charge in [-0.15, -0.1) is 11.3 Å². The van der Waals surface area contributed by atoms with Gasteiger partial charge in [-0.2, -0.15) is 0 Å². The Labute approximate surface area is 130 Å². The largest absolute Gasteiger partial charge is 0.339 e. The van der Waals surface area contributed by atoms with E-state index < -0.39 is 0 Å². The number of carbonyl (C=O) groups is 1. The molecule has 0 saturated carbocycles. The van der Waals surface area contributed by atoms with Gasteiger partial charge in [-0.3, -0.25) is 4.79 Å². The van der Waals surface area contributed by atoms with Crippen LogP contribution in [0.15, 0.2) is 41.8 Å². The Morgan fingerprint density at radius 2 is 1.95 bits per heavy atom. The third-order valence-electron chi connectivity index (χ3n) is 4.25. The Morgan fingerprint density at radius 3 is 2.57 bits per heavy atom. The first kappa shape index (κ1) is 14.3. The summed E-state index contributed by atoms with van der Waals surface area (Å²) in [6.07, 6.45) is 3.37. The van der Waals surface area contributed by atoms with E-state index in [1.54, 1.807) is 11.3 Å². The molecule has 1 fully saturated rings. The number of nitrogens with zero attached hydrogens (tertiary/aromatic N) is 1. The fourth-order valence-electron chi connectivity index (χ4n) is 3.03. The maximum Gasteiger partial charge on any atom is 0.254 e. The van der Waals surface area contributed by atoms with Crippen molar-refractivity contribution >= 4 is 17.2 Å². The summed E-state index contributed by atoms with van der Waals surface area (Å²) in [6, 6.07) is 12.7. The van der Waals surface area contributed by atoms with Crippen LogP contribution in [0, 0.1) is 12.8 Å². The van der Waals surface area contributed by atoms with E-state index in [1.807, 2.05) is 23.3 Å². The minimum Gasteiger partial charge on any atom is -0.339 e. The maximum atomic E-state index is 12.4. The van der Waals surface area contributed by atoms with Crippen LogP contribution < -0.4 is 0 Å². The van der Waals surface area contributed by atoms with Crippen LogP contribution in [0.5, 0.6) is 0 Å². The van der Waals surface area contributed by atoms with Crippen LogP contribution in [0.4, 0.5) is 0 Å². The zero-order chi connectivity index (χ0) is 14.7. The van der Waals surface area contributed by atoms with Crippen molar-refractivity contribution in [2.45, 2.75) is 26.2 Å². The first-order chi connectivity index (χ1) is 10.2. The molecule has 110 valence electrons. The summed E-state index contributed by atoms with van der Waals surface area (Å²) in [5.74, 6) is 0.915. The highest BCUT2D eigenvalue weighted by Gasteiger charge is 2.24. The standard InChI is InChI=1S/C18H21NOS/c1-14-11-17(13-21-14)18(20)19-9-7-16(8-10-19)12-15-5-3-2-4-6-15/h2-6,11,13,16H,7-10,12H2,1H3. The smallest absolute Gasteiger partial charge is 0.254 e. The molecule has 1 amide bonds. The Hall–Kier alpha value is -1.61. The van der Waals surface area contributed by atoms with E-state index in [2.05, 4.69) is 30.3 Å². The van der Waals surface area contributed by atoms with Crippen molar-refractivity contribution < 1.29 is 4.79 Å². The predicted molar refractivity (Wildman–Crippen MR) is 87.8 cm³/mol. The van der Waals surface area contributed by atoms with Crippen molar-refractivity contribution in [3.63, 3.8) is 0 Å². The molecule has 1 aromatic heterocycles. The molecule has 0 unspecified atom stereocenters. The van der Waals surface area contributed by atoms with Gasteiger partial charge in [0, 0.05) is 23.3 Å². The molecule has 2 heterocycles. The van der Waals surface area contributed by atoms with Gasteiger partial charge >= 0.3 is 0 Å². The van der Waals surface area contributed by atoms with Crippen molar-refractivity contribution in [2.24, 2.45) is 5.92 Å². The lowest BCUT2D eigenvalue weighted by Crippen LogP contribution is -2.38. The molecule has 21 heavy (non-hydrogen) atoms. The number of piperidine rings is 1. The van der Waals surface area contributed by atoms with E-state index in [4.69, 9.17) is 0 Å². The quantitative estimate of drug-likeness (QED) is 0.833. The first-order valence-corrected chi connectivity index (χ1v) is 8.48. The third-order valence-corrected chi connectivity index (χ3v) is 5.11. The summed E-state index contributed by atoms with van der Waals surface area (Å²) in [6.45, 7) is 3.84. The number of amides is 1. The molecular weight excluding hydrogens is 278 g/mol. The summed E-state index contributed by atoms with van der Waals surface area (Å²) < 4.78 is 0. The highest BCUT2D eigenvalue weighted by atomic mass is 32.1. The van der Waals surface area contributed by atoms with E-state index in [-0.39, 0.29) is 5.91 Å². The van der Waals surface area contributed by atoms with Crippen LogP contribution in [0.25, 0.3) is 0 Å². The second-order valence-electron chi connectivity index (χ2n) is 5.87. The van der Waals surface area contributed by atoms with Gasteiger partial charge in [0.15, 0.2) is 0 Å². The second-order valence-corrected chi connectivity index (χ2v) is 6.99. The summed E-state index contributed by atoms with van der Waals surface area (Å²) in [4.78, 5) is 15.6. The summed E-state index contributed by atoms with van der Waals surface area (Å²) in [7, 11) is 0. The minimum atomic E-state index is 0.206. The van der Waals surface area contributed by atoms with Crippen LogP contribution in [-0.4, -0.2) is 23.9 Å². The monoisotopic (exact) mass is 299 g/mol. The molecule has 2 aromatic rings. The third kappa shape index (κ3) is 3.53. The highest BCUT2D eigenvalue weighted by Crippen LogP contribution is 2.24. The highest BCUT2D eigenvalue weighted by molar-refractivity contribution is 7.10. The van der Waals surface area contributed by atoms with E-state index in [0.717, 1.165) is 37.9 Å². The van der Waals surface area contributed by atoms with Crippen molar-refractivity contribution in [3.05, 3.63) is 57.8 Å². The topological polar surface area (TPSA) is 20.3 Å². The molecule has 2 nitrogen and oxygen atoms in total. The number of likely N-dealkylation sites (tertiary alicyclic amines) is 1. The number of thiophene rings is 1. The molecule has 0 aliphatic carbocycles. The van der Waals surface area contributed by atoms with Gasteiger partial charge in [0.1, 0.15) is 0 Å². The van der Waals surface area contributed by atoms with Crippen molar-refractivity contribution in [1.29, 1.82) is 0 Å². The normalized spacial score (nSPS) is 16.1. The average Bonchev–Trinajstić information content (AvgIpc) is 2.95. The van der Waals surface area contributed by atoms with Crippen LogP contribution >= 0.6 is 11.3 Å².